The first-order chi connectivity index (χ1) is 10.8. The molecule has 0 bridgehead atoms. The SMILES string of the molecule is CC(I)C(=O)Oc1cc(F)c(OC(=O)C(F)(F)S(=O)(=O)[O-])cc1F. The molecule has 1 atom stereocenters. The van der Waals surface area contributed by atoms with Gasteiger partial charge in [0.05, 0.1) is 0 Å². The molecule has 0 aromatic heterocycles. The van der Waals surface area contributed by atoms with E-state index in [9.17, 15) is 40.1 Å². The maximum absolute atomic E-state index is 13.6. The summed E-state index contributed by atoms with van der Waals surface area (Å²) in [4.78, 5) is 22.2. The predicted octanol–water partition coefficient (Wildman–Crippen LogP) is 1.74. The molecule has 0 heterocycles. The fourth-order valence-electron chi connectivity index (χ4n) is 1.12. The number of rotatable bonds is 5. The monoisotopic (exact) mass is 485 g/mol. The smallest absolute Gasteiger partial charge is 0.429 e. The van der Waals surface area contributed by atoms with Crippen molar-refractivity contribution in [3.63, 3.8) is 0 Å². The molecule has 0 amide bonds. The van der Waals surface area contributed by atoms with Crippen LogP contribution in [0.25, 0.3) is 0 Å². The minimum Gasteiger partial charge on any atom is -0.743 e. The quantitative estimate of drug-likeness (QED) is 0.156. The van der Waals surface area contributed by atoms with E-state index in [1.807, 2.05) is 0 Å². The van der Waals surface area contributed by atoms with Gasteiger partial charge in [0.2, 0.25) is 0 Å². The van der Waals surface area contributed by atoms with E-state index in [4.69, 9.17) is 0 Å². The molecule has 0 radical (unpaired) electrons. The third-order valence-electron chi connectivity index (χ3n) is 2.28. The van der Waals surface area contributed by atoms with Gasteiger partial charge >= 0.3 is 17.2 Å². The minimum absolute atomic E-state index is 0.0706. The first kappa shape index (κ1) is 20.6. The molecule has 13 heteroatoms. The van der Waals surface area contributed by atoms with E-state index >= 15 is 0 Å². The second-order valence-corrected chi connectivity index (χ2v) is 7.40. The first-order valence-electron chi connectivity index (χ1n) is 5.67. The van der Waals surface area contributed by atoms with Crippen molar-refractivity contribution in [2.24, 2.45) is 0 Å². The van der Waals surface area contributed by atoms with E-state index in [1.54, 1.807) is 22.6 Å². The number of carbonyl (C=O) groups is 2. The van der Waals surface area contributed by atoms with E-state index in [0.717, 1.165) is 0 Å². The Morgan fingerprint density at radius 2 is 1.58 bits per heavy atom. The molecule has 24 heavy (non-hydrogen) atoms. The number of ether oxygens (including phenoxy) is 2. The molecule has 1 aromatic carbocycles. The van der Waals surface area contributed by atoms with Gasteiger partial charge in [0.1, 0.15) is 3.92 Å². The van der Waals surface area contributed by atoms with Gasteiger partial charge in [-0.05, 0) is 6.92 Å². The van der Waals surface area contributed by atoms with Crippen LogP contribution in [0.3, 0.4) is 0 Å². The van der Waals surface area contributed by atoms with Gasteiger partial charge in [0, 0.05) is 12.1 Å². The van der Waals surface area contributed by atoms with Crippen LogP contribution in [-0.2, 0) is 19.7 Å². The summed E-state index contributed by atoms with van der Waals surface area (Å²) in [7, 11) is -6.42. The van der Waals surface area contributed by atoms with Crippen LogP contribution in [-0.4, -0.2) is 34.1 Å². The van der Waals surface area contributed by atoms with Gasteiger partial charge in [0.25, 0.3) is 0 Å². The van der Waals surface area contributed by atoms with Crippen molar-refractivity contribution >= 4 is 44.6 Å². The van der Waals surface area contributed by atoms with Crippen molar-refractivity contribution in [1.29, 1.82) is 0 Å². The second-order valence-electron chi connectivity index (χ2n) is 4.11. The zero-order chi connectivity index (χ0) is 18.9. The largest absolute Gasteiger partial charge is 0.743 e. The molecule has 7 nitrogen and oxygen atoms in total. The molecule has 0 aliphatic rings. The molecule has 0 saturated carbocycles. The molecule has 0 spiro atoms. The van der Waals surface area contributed by atoms with Gasteiger partial charge in [-0.1, -0.05) is 22.6 Å². The van der Waals surface area contributed by atoms with Crippen LogP contribution in [0.15, 0.2) is 12.1 Å². The third kappa shape index (κ3) is 4.54. The normalized spacial score (nSPS) is 13.3. The molecular formula is C11H6F4IO7S-. The molecule has 0 saturated heterocycles. The molecule has 0 N–H and O–H groups in total. The van der Waals surface area contributed by atoms with E-state index in [0.29, 0.717) is 0 Å². The molecular weight excluding hydrogens is 479 g/mol. The number of carbonyl (C=O) groups excluding carboxylic acids is 2. The number of hydrogen-bond donors (Lipinski definition) is 0. The van der Waals surface area contributed by atoms with Crippen molar-refractivity contribution in [2.45, 2.75) is 16.1 Å². The average Bonchev–Trinajstić information content (AvgIpc) is 2.42. The number of hydrogen-bond acceptors (Lipinski definition) is 7. The van der Waals surface area contributed by atoms with Gasteiger partial charge in [-0.15, -0.1) is 0 Å². The lowest BCUT2D eigenvalue weighted by molar-refractivity contribution is -0.151. The van der Waals surface area contributed by atoms with Crippen molar-refractivity contribution < 1.29 is 49.6 Å². The summed E-state index contributed by atoms with van der Waals surface area (Å²) in [6, 6.07) is 0.292. The van der Waals surface area contributed by atoms with Crippen LogP contribution >= 0.6 is 22.6 Å². The summed E-state index contributed by atoms with van der Waals surface area (Å²) in [6.07, 6.45) is 0. The highest BCUT2D eigenvalue weighted by Gasteiger charge is 2.49. The van der Waals surface area contributed by atoms with Crippen LogP contribution in [0, 0.1) is 11.6 Å². The van der Waals surface area contributed by atoms with Gasteiger partial charge < -0.3 is 14.0 Å². The Hall–Kier alpha value is -1.48. The maximum Gasteiger partial charge on any atom is 0.429 e. The van der Waals surface area contributed by atoms with Crippen LogP contribution in [0.2, 0.25) is 0 Å². The number of esters is 2. The highest BCUT2D eigenvalue weighted by Crippen LogP contribution is 2.30. The average molecular weight is 485 g/mol. The van der Waals surface area contributed by atoms with E-state index in [2.05, 4.69) is 9.47 Å². The minimum atomic E-state index is -6.42. The topological polar surface area (TPSA) is 110 Å². The standard InChI is InChI=1S/C11H7F4IO7S/c1-4(16)9(17)22-7-2-6(13)8(3-5(7)12)23-10(18)11(14,15)24(19,20)21/h2-4H,1H3,(H,19,20,21)/p-1. The molecule has 1 aromatic rings. The van der Waals surface area contributed by atoms with Crippen LogP contribution < -0.4 is 9.47 Å². The van der Waals surface area contributed by atoms with Crippen LogP contribution in [0.4, 0.5) is 17.6 Å². The number of halogens is 5. The molecule has 1 rings (SSSR count). The lowest BCUT2D eigenvalue weighted by Gasteiger charge is -2.18. The van der Waals surface area contributed by atoms with Crippen molar-refractivity contribution in [3.8, 4) is 11.5 Å². The van der Waals surface area contributed by atoms with Gasteiger partial charge in [-0.3, -0.25) is 4.79 Å². The summed E-state index contributed by atoms with van der Waals surface area (Å²) in [5.74, 6) is -9.28. The molecule has 0 fully saturated rings. The van der Waals surface area contributed by atoms with E-state index in [1.165, 1.54) is 6.92 Å². The lowest BCUT2D eigenvalue weighted by Crippen LogP contribution is -2.40. The highest BCUT2D eigenvalue weighted by molar-refractivity contribution is 14.1. The van der Waals surface area contributed by atoms with Gasteiger partial charge in [0.15, 0.2) is 33.3 Å². The zero-order valence-corrected chi connectivity index (χ0v) is 14.4. The Kier molecular flexibility index (Phi) is 6.15. The Balaban J connectivity index is 3.10. The van der Waals surface area contributed by atoms with Gasteiger partial charge in [-0.2, -0.15) is 8.78 Å². The maximum atomic E-state index is 13.6. The third-order valence-corrected chi connectivity index (χ3v) is 3.58. The van der Waals surface area contributed by atoms with Crippen LogP contribution in [0.5, 0.6) is 11.5 Å². The summed E-state index contributed by atoms with van der Waals surface area (Å²) in [6.45, 7) is 1.39. The molecule has 0 aliphatic heterocycles. The summed E-state index contributed by atoms with van der Waals surface area (Å²) in [5, 5.41) is -5.50. The van der Waals surface area contributed by atoms with Gasteiger partial charge in [-0.25, -0.2) is 22.0 Å². The molecule has 0 aliphatic carbocycles. The predicted molar refractivity (Wildman–Crippen MR) is 75.8 cm³/mol. The second kappa shape index (κ2) is 7.18. The summed E-state index contributed by atoms with van der Waals surface area (Å²) < 4.78 is 91.3. The fraction of sp³-hybridized carbons (Fsp3) is 0.273. The summed E-state index contributed by atoms with van der Waals surface area (Å²) >= 11 is 1.62. The first-order valence-corrected chi connectivity index (χ1v) is 8.33. The van der Waals surface area contributed by atoms with Crippen molar-refractivity contribution in [3.05, 3.63) is 23.8 Å². The lowest BCUT2D eigenvalue weighted by atomic mass is 10.3. The Labute approximate surface area is 145 Å². The number of alkyl halides is 3. The zero-order valence-electron chi connectivity index (χ0n) is 11.4. The Bertz CT molecular complexity index is 779. The highest BCUT2D eigenvalue weighted by atomic mass is 127. The van der Waals surface area contributed by atoms with Crippen LogP contribution in [0.1, 0.15) is 6.92 Å². The molecule has 1 unspecified atom stereocenters. The van der Waals surface area contributed by atoms with E-state index in [-0.39, 0.29) is 12.1 Å². The fourth-order valence-corrected chi connectivity index (χ4v) is 1.49. The molecule has 134 valence electrons. The number of benzene rings is 1. The Morgan fingerprint density at radius 1 is 1.17 bits per heavy atom. The summed E-state index contributed by atoms with van der Waals surface area (Å²) in [5.41, 5.74) is 0. The van der Waals surface area contributed by atoms with Crippen molar-refractivity contribution in [1.82, 2.24) is 0 Å². The van der Waals surface area contributed by atoms with E-state index < -0.39 is 54.4 Å². The Morgan fingerprint density at radius 3 is 1.96 bits per heavy atom. The van der Waals surface area contributed by atoms with Crippen molar-refractivity contribution in [2.75, 3.05) is 0 Å².